The molecule has 0 aliphatic heterocycles. The standard InChI is InChI=1S/C10H15N3OS/c1-6(9(11)14)12-4-8-5-15-10(13-8)7-2-3-7/h5-7,12H,2-4H2,1H3,(H2,11,14)/t6-/m0/s1. The minimum Gasteiger partial charge on any atom is -0.368 e. The number of amides is 1. The van der Waals surface area contributed by atoms with Gasteiger partial charge in [0, 0.05) is 17.8 Å². The first-order valence-electron chi connectivity index (χ1n) is 5.14. The van der Waals surface area contributed by atoms with E-state index in [1.54, 1.807) is 18.3 Å². The van der Waals surface area contributed by atoms with Crippen molar-refractivity contribution in [3.05, 3.63) is 16.1 Å². The zero-order chi connectivity index (χ0) is 10.8. The summed E-state index contributed by atoms with van der Waals surface area (Å²) in [5.41, 5.74) is 6.15. The smallest absolute Gasteiger partial charge is 0.234 e. The van der Waals surface area contributed by atoms with Gasteiger partial charge < -0.3 is 11.1 Å². The fourth-order valence-corrected chi connectivity index (χ4v) is 2.27. The Hall–Kier alpha value is -0.940. The van der Waals surface area contributed by atoms with Crippen LogP contribution in [0, 0.1) is 0 Å². The number of primary amides is 1. The van der Waals surface area contributed by atoms with Crippen LogP contribution in [0.3, 0.4) is 0 Å². The molecule has 0 saturated heterocycles. The summed E-state index contributed by atoms with van der Waals surface area (Å²) in [7, 11) is 0. The lowest BCUT2D eigenvalue weighted by Gasteiger charge is -2.07. The molecule has 0 aromatic carbocycles. The zero-order valence-electron chi connectivity index (χ0n) is 8.69. The highest BCUT2D eigenvalue weighted by Gasteiger charge is 2.26. The zero-order valence-corrected chi connectivity index (χ0v) is 9.51. The molecule has 0 bridgehead atoms. The molecule has 1 aliphatic carbocycles. The van der Waals surface area contributed by atoms with E-state index >= 15 is 0 Å². The molecule has 1 fully saturated rings. The number of aromatic nitrogens is 1. The molecule has 1 atom stereocenters. The Labute approximate surface area is 92.9 Å². The van der Waals surface area contributed by atoms with Crippen LogP contribution >= 0.6 is 11.3 Å². The first-order valence-corrected chi connectivity index (χ1v) is 6.02. The van der Waals surface area contributed by atoms with Gasteiger partial charge in [0.25, 0.3) is 0 Å². The van der Waals surface area contributed by atoms with Gasteiger partial charge in [0.1, 0.15) is 0 Å². The van der Waals surface area contributed by atoms with Crippen molar-refractivity contribution in [2.24, 2.45) is 5.73 Å². The molecular weight excluding hydrogens is 210 g/mol. The molecule has 0 radical (unpaired) electrons. The summed E-state index contributed by atoms with van der Waals surface area (Å²) in [4.78, 5) is 15.3. The molecule has 1 amide bonds. The average molecular weight is 225 g/mol. The van der Waals surface area contributed by atoms with Crippen LogP contribution in [-0.4, -0.2) is 16.9 Å². The van der Waals surface area contributed by atoms with Gasteiger partial charge in [-0.1, -0.05) is 0 Å². The highest BCUT2D eigenvalue weighted by Crippen LogP contribution is 2.41. The first-order chi connectivity index (χ1) is 7.16. The molecule has 4 nitrogen and oxygen atoms in total. The number of nitrogens with two attached hydrogens (primary N) is 1. The van der Waals surface area contributed by atoms with E-state index in [4.69, 9.17) is 5.73 Å². The number of carbonyl (C=O) groups excluding carboxylic acids is 1. The van der Waals surface area contributed by atoms with Crippen molar-refractivity contribution in [2.45, 2.75) is 38.3 Å². The summed E-state index contributed by atoms with van der Waals surface area (Å²) in [6.07, 6.45) is 2.55. The summed E-state index contributed by atoms with van der Waals surface area (Å²) >= 11 is 1.71. The second-order valence-corrected chi connectivity index (χ2v) is 4.85. The molecule has 15 heavy (non-hydrogen) atoms. The van der Waals surface area contributed by atoms with Gasteiger partial charge in [0.2, 0.25) is 5.91 Å². The Morgan fingerprint density at radius 1 is 1.80 bits per heavy atom. The molecule has 0 spiro atoms. The van der Waals surface area contributed by atoms with Crippen LogP contribution in [0.4, 0.5) is 0 Å². The van der Waals surface area contributed by atoms with Crippen molar-refractivity contribution in [3.63, 3.8) is 0 Å². The normalized spacial score (nSPS) is 17.7. The van der Waals surface area contributed by atoms with Crippen molar-refractivity contribution in [1.29, 1.82) is 0 Å². The summed E-state index contributed by atoms with van der Waals surface area (Å²) < 4.78 is 0. The van der Waals surface area contributed by atoms with Crippen LogP contribution in [-0.2, 0) is 11.3 Å². The Bertz CT molecular complexity index is 359. The number of rotatable bonds is 5. The number of thiazole rings is 1. The Morgan fingerprint density at radius 3 is 3.13 bits per heavy atom. The summed E-state index contributed by atoms with van der Waals surface area (Å²) in [5.74, 6) is 0.380. The quantitative estimate of drug-likeness (QED) is 0.785. The Balaban J connectivity index is 1.85. The van der Waals surface area contributed by atoms with Crippen LogP contribution in [0.2, 0.25) is 0 Å². The third-order valence-electron chi connectivity index (χ3n) is 2.51. The van der Waals surface area contributed by atoms with Crippen molar-refractivity contribution in [2.75, 3.05) is 0 Å². The molecule has 0 unspecified atom stereocenters. The lowest BCUT2D eigenvalue weighted by atomic mass is 10.3. The minimum atomic E-state index is -0.326. The van der Waals surface area contributed by atoms with Crippen molar-refractivity contribution < 1.29 is 4.79 Å². The summed E-state index contributed by atoms with van der Waals surface area (Å²) in [6.45, 7) is 2.38. The molecule has 5 heteroatoms. The maximum absolute atomic E-state index is 10.8. The number of carbonyl (C=O) groups is 1. The first kappa shape index (κ1) is 10.6. The van der Waals surface area contributed by atoms with Crippen LogP contribution in [0.25, 0.3) is 0 Å². The number of nitrogens with one attached hydrogen (secondary N) is 1. The van der Waals surface area contributed by atoms with E-state index in [-0.39, 0.29) is 11.9 Å². The van der Waals surface area contributed by atoms with Gasteiger partial charge in [-0.2, -0.15) is 0 Å². The number of hydrogen-bond acceptors (Lipinski definition) is 4. The second kappa shape index (κ2) is 4.28. The fraction of sp³-hybridized carbons (Fsp3) is 0.600. The highest BCUT2D eigenvalue weighted by atomic mass is 32.1. The van der Waals surface area contributed by atoms with Crippen molar-refractivity contribution in [1.82, 2.24) is 10.3 Å². The van der Waals surface area contributed by atoms with Crippen molar-refractivity contribution in [3.8, 4) is 0 Å². The predicted molar refractivity (Wildman–Crippen MR) is 59.6 cm³/mol. The molecule has 1 heterocycles. The van der Waals surface area contributed by atoms with Gasteiger partial charge in [0.05, 0.1) is 16.7 Å². The van der Waals surface area contributed by atoms with E-state index < -0.39 is 0 Å². The largest absolute Gasteiger partial charge is 0.368 e. The molecule has 1 saturated carbocycles. The van der Waals surface area contributed by atoms with Crippen molar-refractivity contribution >= 4 is 17.2 Å². The van der Waals surface area contributed by atoms with Gasteiger partial charge in [-0.15, -0.1) is 11.3 Å². The fourth-order valence-electron chi connectivity index (χ4n) is 1.28. The van der Waals surface area contributed by atoms with Gasteiger partial charge in [-0.3, -0.25) is 4.79 Å². The van der Waals surface area contributed by atoms with E-state index in [0.29, 0.717) is 12.5 Å². The van der Waals surface area contributed by atoms with E-state index in [2.05, 4.69) is 10.3 Å². The third kappa shape index (κ3) is 2.76. The Kier molecular flexibility index (Phi) is 3.02. The number of hydrogen-bond donors (Lipinski definition) is 2. The molecule has 82 valence electrons. The van der Waals surface area contributed by atoms with Crippen LogP contribution in [0.15, 0.2) is 5.38 Å². The lowest BCUT2D eigenvalue weighted by molar-refractivity contribution is -0.119. The van der Waals surface area contributed by atoms with Crippen LogP contribution in [0.5, 0.6) is 0 Å². The maximum Gasteiger partial charge on any atom is 0.234 e. The molecule has 2 rings (SSSR count). The average Bonchev–Trinajstić information content (AvgIpc) is 2.95. The second-order valence-electron chi connectivity index (χ2n) is 3.96. The molecule has 3 N–H and O–H groups in total. The summed E-state index contributed by atoms with van der Waals surface area (Å²) in [5, 5.41) is 6.33. The van der Waals surface area contributed by atoms with Gasteiger partial charge >= 0.3 is 0 Å². The van der Waals surface area contributed by atoms with Crippen LogP contribution < -0.4 is 11.1 Å². The molecule has 1 aromatic rings. The van der Waals surface area contributed by atoms with E-state index in [1.807, 2.05) is 5.38 Å². The van der Waals surface area contributed by atoms with Gasteiger partial charge in [-0.25, -0.2) is 4.98 Å². The summed E-state index contributed by atoms with van der Waals surface area (Å²) in [6, 6.07) is -0.295. The molecule has 1 aromatic heterocycles. The molecule has 1 aliphatic rings. The van der Waals surface area contributed by atoms with E-state index in [1.165, 1.54) is 17.8 Å². The highest BCUT2D eigenvalue weighted by molar-refractivity contribution is 7.09. The molecular formula is C10H15N3OS. The van der Waals surface area contributed by atoms with E-state index in [9.17, 15) is 4.79 Å². The SMILES string of the molecule is C[C@H](NCc1csc(C2CC2)n1)C(N)=O. The van der Waals surface area contributed by atoms with Gasteiger partial charge in [-0.05, 0) is 19.8 Å². The Morgan fingerprint density at radius 2 is 2.53 bits per heavy atom. The lowest BCUT2D eigenvalue weighted by Crippen LogP contribution is -2.38. The minimum absolute atomic E-state index is 0.295. The monoisotopic (exact) mass is 225 g/mol. The third-order valence-corrected chi connectivity index (χ3v) is 3.57. The predicted octanol–water partition coefficient (Wildman–Crippen LogP) is 0.984. The van der Waals surface area contributed by atoms with Gasteiger partial charge in [0.15, 0.2) is 0 Å². The maximum atomic E-state index is 10.8. The number of nitrogens with zero attached hydrogens (tertiary/aromatic N) is 1. The van der Waals surface area contributed by atoms with Crippen LogP contribution in [0.1, 0.15) is 36.4 Å². The van der Waals surface area contributed by atoms with E-state index in [0.717, 1.165) is 5.69 Å². The topological polar surface area (TPSA) is 68.0 Å².